The highest BCUT2D eigenvalue weighted by Gasteiger charge is 2.20. The second-order valence-electron chi connectivity index (χ2n) is 4.68. The molecule has 0 bridgehead atoms. The molecule has 1 N–H and O–H groups in total. The Bertz CT molecular complexity index is 380. The Kier molecular flexibility index (Phi) is 7.77. The molecule has 0 heterocycles. The monoisotopic (exact) mass is 303 g/mol. The Hall–Kier alpha value is -0.280. The maximum Gasteiger partial charge on any atom is 0.0724 e. The van der Waals surface area contributed by atoms with Crippen molar-refractivity contribution < 1.29 is 4.74 Å². The third-order valence-electron chi connectivity index (χ3n) is 3.26. The van der Waals surface area contributed by atoms with Gasteiger partial charge in [0, 0.05) is 23.2 Å². The van der Waals surface area contributed by atoms with E-state index in [1.54, 1.807) is 7.11 Å². The number of ether oxygens (including phenoxy) is 1. The van der Waals surface area contributed by atoms with E-state index in [-0.39, 0.29) is 12.1 Å². The van der Waals surface area contributed by atoms with E-state index in [2.05, 4.69) is 19.2 Å². The van der Waals surface area contributed by atoms with Gasteiger partial charge in [-0.15, -0.1) is 0 Å². The molecule has 0 saturated carbocycles. The number of rotatable bonds is 8. The summed E-state index contributed by atoms with van der Waals surface area (Å²) in [6, 6.07) is 5.86. The van der Waals surface area contributed by atoms with E-state index in [1.807, 2.05) is 18.2 Å². The van der Waals surface area contributed by atoms with Crippen molar-refractivity contribution in [3.8, 4) is 0 Å². The van der Waals surface area contributed by atoms with Crippen molar-refractivity contribution in [3.05, 3.63) is 33.8 Å². The predicted octanol–water partition coefficient (Wildman–Crippen LogP) is 4.33. The van der Waals surface area contributed by atoms with E-state index in [0.29, 0.717) is 0 Å². The lowest BCUT2D eigenvalue weighted by Crippen LogP contribution is -2.42. The van der Waals surface area contributed by atoms with E-state index in [4.69, 9.17) is 27.9 Å². The second kappa shape index (κ2) is 8.80. The summed E-state index contributed by atoms with van der Waals surface area (Å²) in [6.07, 6.45) is 3.07. The van der Waals surface area contributed by atoms with Crippen LogP contribution >= 0.6 is 23.2 Å². The Morgan fingerprint density at radius 1 is 1.26 bits per heavy atom. The topological polar surface area (TPSA) is 21.3 Å². The number of hydrogen-bond acceptors (Lipinski definition) is 2. The summed E-state index contributed by atoms with van der Waals surface area (Å²) in [7, 11) is 1.76. The lowest BCUT2D eigenvalue weighted by atomic mass is 9.99. The lowest BCUT2D eigenvalue weighted by Gasteiger charge is -2.26. The lowest BCUT2D eigenvalue weighted by molar-refractivity contribution is 0.0653. The summed E-state index contributed by atoms with van der Waals surface area (Å²) in [5, 5.41) is 5.02. The fourth-order valence-corrected chi connectivity index (χ4v) is 2.61. The number of hydrogen-bond donors (Lipinski definition) is 1. The molecular weight excluding hydrogens is 281 g/mol. The molecule has 1 aromatic rings. The average molecular weight is 304 g/mol. The SMILES string of the molecule is CCCNC(Cc1cc(Cl)ccc1Cl)C(CC)OC. The van der Waals surface area contributed by atoms with Gasteiger partial charge in [0.05, 0.1) is 6.10 Å². The van der Waals surface area contributed by atoms with Crippen LogP contribution in [0.3, 0.4) is 0 Å². The van der Waals surface area contributed by atoms with Crippen LogP contribution < -0.4 is 5.32 Å². The Labute approximate surface area is 126 Å². The first kappa shape index (κ1) is 16.8. The quantitative estimate of drug-likeness (QED) is 0.772. The largest absolute Gasteiger partial charge is 0.380 e. The van der Waals surface area contributed by atoms with Gasteiger partial charge < -0.3 is 10.1 Å². The van der Waals surface area contributed by atoms with Crippen LogP contribution in [0.4, 0.5) is 0 Å². The zero-order valence-electron chi connectivity index (χ0n) is 11.9. The number of methoxy groups -OCH3 is 1. The fourth-order valence-electron chi connectivity index (χ4n) is 2.22. The molecule has 0 spiro atoms. The maximum atomic E-state index is 6.24. The molecule has 4 heteroatoms. The van der Waals surface area contributed by atoms with Gasteiger partial charge in [0.15, 0.2) is 0 Å². The van der Waals surface area contributed by atoms with Gasteiger partial charge in [-0.25, -0.2) is 0 Å². The molecule has 0 amide bonds. The van der Waals surface area contributed by atoms with Crippen LogP contribution in [0.2, 0.25) is 10.0 Å². The summed E-state index contributed by atoms with van der Waals surface area (Å²) < 4.78 is 5.56. The van der Waals surface area contributed by atoms with Crippen LogP contribution in [-0.4, -0.2) is 25.8 Å². The van der Waals surface area contributed by atoms with Gasteiger partial charge in [-0.2, -0.15) is 0 Å². The second-order valence-corrected chi connectivity index (χ2v) is 5.53. The van der Waals surface area contributed by atoms with E-state index >= 15 is 0 Å². The molecule has 0 aromatic heterocycles. The third kappa shape index (κ3) is 5.31. The van der Waals surface area contributed by atoms with Gasteiger partial charge >= 0.3 is 0 Å². The van der Waals surface area contributed by atoms with Crippen molar-refractivity contribution in [1.29, 1.82) is 0 Å². The van der Waals surface area contributed by atoms with E-state index in [0.717, 1.165) is 41.4 Å². The molecule has 0 saturated heterocycles. The molecule has 0 radical (unpaired) electrons. The van der Waals surface area contributed by atoms with Crippen molar-refractivity contribution in [2.45, 2.75) is 45.3 Å². The summed E-state index contributed by atoms with van der Waals surface area (Å²) >= 11 is 12.3. The number of nitrogens with one attached hydrogen (secondary N) is 1. The first-order valence-electron chi connectivity index (χ1n) is 6.82. The highest BCUT2D eigenvalue weighted by atomic mass is 35.5. The molecule has 2 nitrogen and oxygen atoms in total. The minimum absolute atomic E-state index is 0.182. The van der Waals surface area contributed by atoms with Crippen LogP contribution in [0, 0.1) is 0 Å². The van der Waals surface area contributed by atoms with Crippen molar-refractivity contribution in [1.82, 2.24) is 5.32 Å². The highest BCUT2D eigenvalue weighted by Crippen LogP contribution is 2.23. The van der Waals surface area contributed by atoms with Gasteiger partial charge in [-0.05, 0) is 49.6 Å². The Balaban J connectivity index is 2.83. The van der Waals surface area contributed by atoms with Crippen molar-refractivity contribution >= 4 is 23.2 Å². The van der Waals surface area contributed by atoms with Crippen LogP contribution in [0.1, 0.15) is 32.3 Å². The highest BCUT2D eigenvalue weighted by molar-refractivity contribution is 6.33. The number of benzene rings is 1. The van der Waals surface area contributed by atoms with Crippen molar-refractivity contribution in [3.63, 3.8) is 0 Å². The summed E-state index contributed by atoms with van der Waals surface area (Å²) in [5.74, 6) is 0. The van der Waals surface area contributed by atoms with E-state index in [1.165, 1.54) is 0 Å². The molecule has 108 valence electrons. The minimum atomic E-state index is 0.182. The van der Waals surface area contributed by atoms with Crippen LogP contribution in [-0.2, 0) is 11.2 Å². The summed E-state index contributed by atoms with van der Waals surface area (Å²) in [6.45, 7) is 5.27. The molecule has 19 heavy (non-hydrogen) atoms. The fraction of sp³-hybridized carbons (Fsp3) is 0.600. The van der Waals surface area contributed by atoms with Crippen LogP contribution in [0.15, 0.2) is 18.2 Å². The Morgan fingerprint density at radius 2 is 2.00 bits per heavy atom. The summed E-state index contributed by atoms with van der Waals surface area (Å²) in [4.78, 5) is 0. The smallest absolute Gasteiger partial charge is 0.0724 e. The molecular formula is C15H23Cl2NO. The van der Waals surface area contributed by atoms with Crippen molar-refractivity contribution in [2.75, 3.05) is 13.7 Å². The van der Waals surface area contributed by atoms with Gasteiger partial charge in [-0.3, -0.25) is 0 Å². The Morgan fingerprint density at radius 3 is 2.58 bits per heavy atom. The molecule has 2 unspecified atom stereocenters. The zero-order chi connectivity index (χ0) is 14.3. The van der Waals surface area contributed by atoms with Gasteiger partial charge in [0.25, 0.3) is 0 Å². The van der Waals surface area contributed by atoms with E-state index in [9.17, 15) is 0 Å². The standard InChI is InChI=1S/C15H23Cl2NO/c1-4-8-18-14(15(5-2)19-3)10-11-9-12(16)6-7-13(11)17/h6-7,9,14-15,18H,4-5,8,10H2,1-3H3. The average Bonchev–Trinajstić information content (AvgIpc) is 2.41. The van der Waals surface area contributed by atoms with Gasteiger partial charge in [0.2, 0.25) is 0 Å². The predicted molar refractivity (Wildman–Crippen MR) is 83.3 cm³/mol. The molecule has 1 aromatic carbocycles. The molecule has 0 aliphatic heterocycles. The minimum Gasteiger partial charge on any atom is -0.380 e. The molecule has 0 fully saturated rings. The third-order valence-corrected chi connectivity index (χ3v) is 3.86. The first-order valence-corrected chi connectivity index (χ1v) is 7.58. The van der Waals surface area contributed by atoms with Crippen molar-refractivity contribution in [2.24, 2.45) is 0 Å². The molecule has 0 aliphatic rings. The van der Waals surface area contributed by atoms with Crippen LogP contribution in [0.5, 0.6) is 0 Å². The molecule has 0 aliphatic carbocycles. The first-order chi connectivity index (χ1) is 9.12. The summed E-state index contributed by atoms with van der Waals surface area (Å²) in [5.41, 5.74) is 1.07. The van der Waals surface area contributed by atoms with Gasteiger partial charge in [-0.1, -0.05) is 37.0 Å². The normalized spacial score (nSPS) is 14.4. The maximum absolute atomic E-state index is 6.24. The van der Waals surface area contributed by atoms with Crippen LogP contribution in [0.25, 0.3) is 0 Å². The molecule has 1 rings (SSSR count). The van der Waals surface area contributed by atoms with E-state index < -0.39 is 0 Å². The molecule has 2 atom stereocenters. The zero-order valence-corrected chi connectivity index (χ0v) is 13.4. The van der Waals surface area contributed by atoms with Gasteiger partial charge in [0.1, 0.15) is 0 Å². The number of halogens is 2.